The van der Waals surface area contributed by atoms with Crippen molar-refractivity contribution >= 4 is 6.08 Å². The number of allylic oxidation sites excluding steroid dienone is 3. The molecular weight excluding hydrogens is 250 g/mol. The first-order chi connectivity index (χ1) is 9.88. The van der Waals surface area contributed by atoms with Gasteiger partial charge in [0.25, 0.3) is 0 Å². The van der Waals surface area contributed by atoms with Gasteiger partial charge in [0, 0.05) is 12.4 Å². The maximum Gasteiger partial charge on any atom is 0.231 e. The molecule has 0 aromatic heterocycles. The lowest BCUT2D eigenvalue weighted by Gasteiger charge is -2.45. The van der Waals surface area contributed by atoms with E-state index in [1.165, 1.54) is 16.7 Å². The Morgan fingerprint density at radius 2 is 2.00 bits per heavy atom. The lowest BCUT2D eigenvalue weighted by Crippen LogP contribution is -2.42. The Morgan fingerprint density at radius 3 is 2.95 bits per heavy atom. The van der Waals surface area contributed by atoms with Crippen molar-refractivity contribution in [1.29, 1.82) is 0 Å². The maximum atomic E-state index is 5.56. The summed E-state index contributed by atoms with van der Waals surface area (Å²) in [5.74, 6) is 1.69. The van der Waals surface area contributed by atoms with Crippen LogP contribution in [0.25, 0.3) is 6.08 Å². The van der Waals surface area contributed by atoms with Crippen LogP contribution < -0.4 is 9.47 Å². The molecule has 1 atom stereocenters. The lowest BCUT2D eigenvalue weighted by atomic mass is 9.76. The molecule has 0 bridgehead atoms. The molecule has 0 saturated heterocycles. The zero-order valence-corrected chi connectivity index (χ0v) is 10.9. The van der Waals surface area contributed by atoms with Crippen LogP contribution in [0.4, 0.5) is 0 Å². The van der Waals surface area contributed by atoms with Crippen molar-refractivity contribution in [1.82, 2.24) is 4.90 Å². The minimum atomic E-state index is -0.167. The zero-order chi connectivity index (χ0) is 13.2. The molecule has 0 fully saturated rings. The van der Waals surface area contributed by atoms with Gasteiger partial charge in [-0.05, 0) is 47.4 Å². The Labute approximate surface area is 117 Å². The molecule has 1 unspecified atom stereocenters. The van der Waals surface area contributed by atoms with Crippen LogP contribution in [0, 0.1) is 0 Å². The molecule has 20 heavy (non-hydrogen) atoms. The number of hydrogen-bond donors (Lipinski definition) is 0. The molecule has 3 nitrogen and oxygen atoms in total. The van der Waals surface area contributed by atoms with E-state index in [4.69, 9.17) is 9.47 Å². The number of fused-ring (bicyclic) bond motifs is 2. The molecule has 1 aromatic carbocycles. The minimum absolute atomic E-state index is 0.167. The van der Waals surface area contributed by atoms with Crippen molar-refractivity contribution < 1.29 is 9.47 Å². The van der Waals surface area contributed by atoms with Gasteiger partial charge in [-0.1, -0.05) is 18.2 Å². The summed E-state index contributed by atoms with van der Waals surface area (Å²) in [5, 5.41) is 0. The third-order valence-electron chi connectivity index (χ3n) is 4.51. The fraction of sp³-hybridized carbons (Fsp3) is 0.176. The maximum absolute atomic E-state index is 5.56. The van der Waals surface area contributed by atoms with Gasteiger partial charge in [-0.15, -0.1) is 0 Å². The summed E-state index contributed by atoms with van der Waals surface area (Å²) in [6.07, 6.45) is 16.3. The summed E-state index contributed by atoms with van der Waals surface area (Å²) in [5.41, 5.74) is 3.72. The van der Waals surface area contributed by atoms with Crippen molar-refractivity contribution in [2.45, 2.75) is 12.0 Å². The van der Waals surface area contributed by atoms with Gasteiger partial charge in [0.05, 0.1) is 0 Å². The summed E-state index contributed by atoms with van der Waals surface area (Å²) in [4.78, 5) is 2.27. The molecule has 0 N–H and O–H groups in total. The highest BCUT2D eigenvalue weighted by Gasteiger charge is 2.44. The molecule has 0 amide bonds. The molecule has 1 aromatic rings. The summed E-state index contributed by atoms with van der Waals surface area (Å²) < 4.78 is 11.1. The van der Waals surface area contributed by atoms with Gasteiger partial charge in [0.1, 0.15) is 5.54 Å². The van der Waals surface area contributed by atoms with Crippen LogP contribution in [0.2, 0.25) is 0 Å². The fourth-order valence-corrected chi connectivity index (χ4v) is 3.58. The lowest BCUT2D eigenvalue weighted by molar-refractivity contribution is 0.174. The Kier molecular flexibility index (Phi) is 1.75. The second kappa shape index (κ2) is 3.37. The van der Waals surface area contributed by atoms with E-state index < -0.39 is 0 Å². The highest BCUT2D eigenvalue weighted by molar-refractivity contribution is 5.69. The van der Waals surface area contributed by atoms with E-state index in [0.717, 1.165) is 17.9 Å². The monoisotopic (exact) mass is 263 g/mol. The Morgan fingerprint density at radius 1 is 1.10 bits per heavy atom. The number of hydrogen-bond acceptors (Lipinski definition) is 3. The molecule has 3 aliphatic heterocycles. The second-order valence-electron chi connectivity index (χ2n) is 5.42. The highest BCUT2D eigenvalue weighted by Crippen LogP contribution is 2.51. The summed E-state index contributed by atoms with van der Waals surface area (Å²) in [7, 11) is 0. The van der Waals surface area contributed by atoms with Gasteiger partial charge in [-0.2, -0.15) is 0 Å². The van der Waals surface area contributed by atoms with Gasteiger partial charge in [-0.3, -0.25) is 0 Å². The van der Waals surface area contributed by atoms with Gasteiger partial charge < -0.3 is 14.4 Å². The van der Waals surface area contributed by atoms with E-state index in [2.05, 4.69) is 59.8 Å². The number of benzene rings is 1. The predicted octanol–water partition coefficient (Wildman–Crippen LogP) is 3.31. The highest BCUT2D eigenvalue weighted by atomic mass is 16.7. The summed E-state index contributed by atoms with van der Waals surface area (Å²) in [6, 6.07) is 4.22. The molecule has 4 aliphatic rings. The number of nitrogens with zero attached hydrogens (tertiary/aromatic N) is 1. The average molecular weight is 263 g/mol. The fourth-order valence-electron chi connectivity index (χ4n) is 3.58. The first-order valence-electron chi connectivity index (χ1n) is 6.84. The molecule has 3 heterocycles. The standard InChI is InChI=1S/C17H13NO2/c1-3-13-4-2-7-18-8-5-12-9-15-16(20-11-19-15)10-14(12)17(13,18)6-1/h1-3,5-10H,4,11H2. The van der Waals surface area contributed by atoms with Gasteiger partial charge >= 0.3 is 0 Å². The molecular formula is C17H13NO2. The van der Waals surface area contributed by atoms with Gasteiger partial charge in [0.2, 0.25) is 6.79 Å². The number of ether oxygens (including phenoxy) is 2. The largest absolute Gasteiger partial charge is 0.454 e. The molecule has 1 spiro atoms. The summed E-state index contributed by atoms with van der Waals surface area (Å²) >= 11 is 0. The topological polar surface area (TPSA) is 21.7 Å². The normalized spacial score (nSPS) is 27.2. The molecule has 0 saturated carbocycles. The average Bonchev–Trinajstić information content (AvgIpc) is 3.10. The SMILES string of the molecule is C1=CC23C(=C1)CC=CN2C=Cc1cc2c(cc13)OCO2. The Bertz CT molecular complexity index is 742. The van der Waals surface area contributed by atoms with Crippen LogP contribution in [0.3, 0.4) is 0 Å². The first-order valence-corrected chi connectivity index (χ1v) is 6.84. The first kappa shape index (κ1) is 10.4. The van der Waals surface area contributed by atoms with E-state index >= 15 is 0 Å². The van der Waals surface area contributed by atoms with E-state index in [0.29, 0.717) is 6.79 Å². The quantitative estimate of drug-likeness (QED) is 0.716. The molecule has 0 radical (unpaired) electrons. The minimum Gasteiger partial charge on any atom is -0.454 e. The van der Waals surface area contributed by atoms with Gasteiger partial charge in [-0.25, -0.2) is 0 Å². The van der Waals surface area contributed by atoms with Crippen LogP contribution in [0.5, 0.6) is 11.5 Å². The second-order valence-corrected chi connectivity index (χ2v) is 5.42. The Hall–Kier alpha value is -2.42. The predicted molar refractivity (Wildman–Crippen MR) is 76.1 cm³/mol. The van der Waals surface area contributed by atoms with Crippen LogP contribution >= 0.6 is 0 Å². The van der Waals surface area contributed by atoms with Crippen molar-refractivity contribution in [3.63, 3.8) is 0 Å². The molecule has 1 aliphatic carbocycles. The van der Waals surface area contributed by atoms with Crippen LogP contribution in [-0.4, -0.2) is 11.7 Å². The van der Waals surface area contributed by atoms with Crippen LogP contribution in [-0.2, 0) is 5.54 Å². The van der Waals surface area contributed by atoms with E-state index in [-0.39, 0.29) is 5.54 Å². The van der Waals surface area contributed by atoms with Crippen molar-refractivity contribution in [3.05, 3.63) is 65.5 Å². The smallest absolute Gasteiger partial charge is 0.231 e. The molecule has 98 valence electrons. The molecule has 3 heteroatoms. The van der Waals surface area contributed by atoms with E-state index in [1.54, 1.807) is 0 Å². The third-order valence-corrected chi connectivity index (χ3v) is 4.51. The van der Waals surface area contributed by atoms with Crippen molar-refractivity contribution in [3.8, 4) is 11.5 Å². The van der Waals surface area contributed by atoms with Gasteiger partial charge in [0.15, 0.2) is 11.5 Å². The van der Waals surface area contributed by atoms with Crippen LogP contribution in [0.15, 0.2) is 54.4 Å². The van der Waals surface area contributed by atoms with Crippen molar-refractivity contribution in [2.75, 3.05) is 6.79 Å². The Balaban J connectivity index is 1.82. The van der Waals surface area contributed by atoms with E-state index in [9.17, 15) is 0 Å². The zero-order valence-electron chi connectivity index (χ0n) is 10.9. The van der Waals surface area contributed by atoms with Crippen LogP contribution in [0.1, 0.15) is 17.5 Å². The number of rotatable bonds is 0. The van der Waals surface area contributed by atoms with Crippen molar-refractivity contribution in [2.24, 2.45) is 0 Å². The third kappa shape index (κ3) is 1.07. The summed E-state index contributed by atoms with van der Waals surface area (Å²) in [6.45, 7) is 0.317. The molecule has 5 rings (SSSR count). The van der Waals surface area contributed by atoms with E-state index in [1.807, 2.05) is 0 Å².